The van der Waals surface area contributed by atoms with Crippen molar-refractivity contribution in [1.29, 1.82) is 0 Å². The molecule has 0 aromatic carbocycles. The first-order chi connectivity index (χ1) is 8.86. The molecule has 0 unspecified atom stereocenters. The minimum atomic E-state index is 0.853. The van der Waals surface area contributed by atoms with Gasteiger partial charge in [0.1, 0.15) is 5.82 Å². The van der Waals surface area contributed by atoms with Gasteiger partial charge in [0.25, 0.3) is 0 Å². The van der Waals surface area contributed by atoms with Gasteiger partial charge in [-0.15, -0.1) is 0 Å². The molecule has 2 heterocycles. The second-order valence-electron chi connectivity index (χ2n) is 4.90. The molecule has 96 valence electrons. The summed E-state index contributed by atoms with van der Waals surface area (Å²) in [6.07, 6.45) is 11.1. The van der Waals surface area contributed by atoms with E-state index >= 15 is 0 Å². The van der Waals surface area contributed by atoms with E-state index < -0.39 is 0 Å². The fourth-order valence-electron chi connectivity index (χ4n) is 2.35. The molecule has 0 atom stereocenters. The molecule has 5 heteroatoms. The Kier molecular flexibility index (Phi) is 3.04. The SMILES string of the molecule is CNc1cn2ccnc2c(NCCC2CCC2)n1. The lowest BCUT2D eigenvalue weighted by molar-refractivity contribution is 0.303. The van der Waals surface area contributed by atoms with Crippen LogP contribution in [0.2, 0.25) is 0 Å². The molecule has 5 nitrogen and oxygen atoms in total. The Morgan fingerprint density at radius 3 is 3.06 bits per heavy atom. The second-order valence-corrected chi connectivity index (χ2v) is 4.90. The predicted octanol–water partition coefficient (Wildman–Crippen LogP) is 2.37. The van der Waals surface area contributed by atoms with Gasteiger partial charge in [-0.05, 0) is 12.3 Å². The number of nitrogens with zero attached hydrogens (tertiary/aromatic N) is 3. The van der Waals surface area contributed by atoms with Crippen molar-refractivity contribution in [2.24, 2.45) is 5.92 Å². The topological polar surface area (TPSA) is 54.2 Å². The van der Waals surface area contributed by atoms with E-state index in [2.05, 4.69) is 20.6 Å². The third kappa shape index (κ3) is 2.12. The van der Waals surface area contributed by atoms with Crippen LogP contribution >= 0.6 is 0 Å². The maximum atomic E-state index is 4.53. The van der Waals surface area contributed by atoms with Crippen LogP contribution in [0.4, 0.5) is 11.6 Å². The summed E-state index contributed by atoms with van der Waals surface area (Å²) in [6.45, 7) is 0.980. The zero-order chi connectivity index (χ0) is 12.4. The smallest absolute Gasteiger partial charge is 0.180 e. The molecule has 2 N–H and O–H groups in total. The third-order valence-corrected chi connectivity index (χ3v) is 3.70. The molecule has 2 aromatic heterocycles. The Morgan fingerprint density at radius 1 is 1.44 bits per heavy atom. The first-order valence-electron chi connectivity index (χ1n) is 6.62. The first kappa shape index (κ1) is 11.3. The molecule has 2 aromatic rings. The molecule has 0 radical (unpaired) electrons. The summed E-state index contributed by atoms with van der Waals surface area (Å²) in [6, 6.07) is 0. The van der Waals surface area contributed by atoms with Gasteiger partial charge in [0.2, 0.25) is 0 Å². The molecule has 1 aliphatic carbocycles. The largest absolute Gasteiger partial charge is 0.372 e. The van der Waals surface area contributed by atoms with Gasteiger partial charge < -0.3 is 15.0 Å². The summed E-state index contributed by atoms with van der Waals surface area (Å²) in [4.78, 5) is 8.86. The van der Waals surface area contributed by atoms with E-state index in [0.717, 1.165) is 29.7 Å². The molecule has 0 spiro atoms. The van der Waals surface area contributed by atoms with E-state index in [-0.39, 0.29) is 0 Å². The number of aromatic nitrogens is 3. The number of hydrogen-bond donors (Lipinski definition) is 2. The number of rotatable bonds is 5. The van der Waals surface area contributed by atoms with Crippen LogP contribution in [0.25, 0.3) is 5.65 Å². The van der Waals surface area contributed by atoms with Gasteiger partial charge in [-0.3, -0.25) is 0 Å². The number of hydrogen-bond acceptors (Lipinski definition) is 4. The van der Waals surface area contributed by atoms with Crippen molar-refractivity contribution in [1.82, 2.24) is 14.4 Å². The second kappa shape index (κ2) is 4.84. The Hall–Kier alpha value is -1.78. The average Bonchev–Trinajstić information content (AvgIpc) is 2.80. The molecular weight excluding hydrogens is 226 g/mol. The summed E-state index contributed by atoms with van der Waals surface area (Å²) in [5.41, 5.74) is 0.891. The summed E-state index contributed by atoms with van der Waals surface area (Å²) >= 11 is 0. The summed E-state index contributed by atoms with van der Waals surface area (Å²) in [5, 5.41) is 6.48. The molecule has 1 saturated carbocycles. The summed E-state index contributed by atoms with van der Waals surface area (Å²) < 4.78 is 1.99. The van der Waals surface area contributed by atoms with E-state index in [1.54, 1.807) is 6.20 Å². The molecule has 0 bridgehead atoms. The quantitative estimate of drug-likeness (QED) is 0.849. The number of nitrogens with one attached hydrogen (secondary N) is 2. The molecule has 0 saturated heterocycles. The Morgan fingerprint density at radius 2 is 2.33 bits per heavy atom. The normalized spacial score (nSPS) is 15.6. The van der Waals surface area contributed by atoms with Crippen molar-refractivity contribution in [3.63, 3.8) is 0 Å². The monoisotopic (exact) mass is 245 g/mol. The van der Waals surface area contributed by atoms with E-state index in [1.165, 1.54) is 25.7 Å². The molecular formula is C13H19N5. The van der Waals surface area contributed by atoms with Gasteiger partial charge in [0, 0.05) is 26.0 Å². The van der Waals surface area contributed by atoms with Crippen LogP contribution in [-0.4, -0.2) is 28.0 Å². The van der Waals surface area contributed by atoms with Gasteiger partial charge in [-0.25, -0.2) is 9.97 Å². The van der Waals surface area contributed by atoms with Crippen LogP contribution in [-0.2, 0) is 0 Å². The Balaban J connectivity index is 1.74. The van der Waals surface area contributed by atoms with Crippen molar-refractivity contribution in [3.05, 3.63) is 18.6 Å². The third-order valence-electron chi connectivity index (χ3n) is 3.70. The zero-order valence-corrected chi connectivity index (χ0v) is 10.7. The highest BCUT2D eigenvalue weighted by atomic mass is 15.1. The Bertz CT molecular complexity index is 529. The van der Waals surface area contributed by atoms with Crippen molar-refractivity contribution in [2.75, 3.05) is 24.2 Å². The minimum absolute atomic E-state index is 0.853. The molecule has 1 fully saturated rings. The van der Waals surface area contributed by atoms with Crippen LogP contribution in [0.5, 0.6) is 0 Å². The fraction of sp³-hybridized carbons (Fsp3) is 0.538. The van der Waals surface area contributed by atoms with Gasteiger partial charge in [0.05, 0.1) is 6.20 Å². The van der Waals surface area contributed by atoms with Crippen molar-refractivity contribution in [2.45, 2.75) is 25.7 Å². The number of imidazole rings is 1. The van der Waals surface area contributed by atoms with Gasteiger partial charge in [-0.2, -0.15) is 0 Å². The molecule has 0 amide bonds. The molecule has 1 aliphatic rings. The maximum Gasteiger partial charge on any atom is 0.180 e. The van der Waals surface area contributed by atoms with Crippen LogP contribution in [0.15, 0.2) is 18.6 Å². The minimum Gasteiger partial charge on any atom is -0.372 e. The molecule has 18 heavy (non-hydrogen) atoms. The highest BCUT2D eigenvalue weighted by molar-refractivity contribution is 5.65. The van der Waals surface area contributed by atoms with Gasteiger partial charge >= 0.3 is 0 Å². The lowest BCUT2D eigenvalue weighted by atomic mass is 9.83. The first-order valence-corrected chi connectivity index (χ1v) is 6.62. The van der Waals surface area contributed by atoms with Crippen molar-refractivity contribution >= 4 is 17.3 Å². The Labute approximate surface area is 107 Å². The van der Waals surface area contributed by atoms with Gasteiger partial charge in [0.15, 0.2) is 11.5 Å². The van der Waals surface area contributed by atoms with Crippen LogP contribution in [0.1, 0.15) is 25.7 Å². The van der Waals surface area contributed by atoms with Crippen molar-refractivity contribution in [3.8, 4) is 0 Å². The van der Waals surface area contributed by atoms with E-state index in [9.17, 15) is 0 Å². The van der Waals surface area contributed by atoms with E-state index in [0.29, 0.717) is 0 Å². The lowest BCUT2D eigenvalue weighted by Crippen LogP contribution is -2.16. The van der Waals surface area contributed by atoms with E-state index in [1.807, 2.05) is 23.8 Å². The fourth-order valence-corrected chi connectivity index (χ4v) is 2.35. The number of anilines is 2. The van der Waals surface area contributed by atoms with Crippen LogP contribution in [0, 0.1) is 5.92 Å². The van der Waals surface area contributed by atoms with Crippen molar-refractivity contribution < 1.29 is 0 Å². The lowest BCUT2D eigenvalue weighted by Gasteiger charge is -2.25. The predicted molar refractivity (Wildman–Crippen MR) is 73.0 cm³/mol. The van der Waals surface area contributed by atoms with E-state index in [4.69, 9.17) is 0 Å². The number of fused-ring (bicyclic) bond motifs is 1. The summed E-state index contributed by atoms with van der Waals surface area (Å²) in [7, 11) is 1.88. The highest BCUT2D eigenvalue weighted by Crippen LogP contribution is 2.29. The zero-order valence-electron chi connectivity index (χ0n) is 10.7. The average molecular weight is 245 g/mol. The van der Waals surface area contributed by atoms with Gasteiger partial charge in [-0.1, -0.05) is 19.3 Å². The molecule has 0 aliphatic heterocycles. The highest BCUT2D eigenvalue weighted by Gasteiger charge is 2.16. The van der Waals surface area contributed by atoms with Crippen LogP contribution < -0.4 is 10.6 Å². The summed E-state index contributed by atoms with van der Waals surface area (Å²) in [5.74, 6) is 2.64. The van der Waals surface area contributed by atoms with Crippen LogP contribution in [0.3, 0.4) is 0 Å². The standard InChI is InChI=1S/C13H19N5/c1-14-11-9-18-8-7-16-13(18)12(17-11)15-6-5-10-3-2-4-10/h7-10,14H,2-6H2,1H3,(H,15,17). The maximum absolute atomic E-state index is 4.53. The molecule has 3 rings (SSSR count).